The highest BCUT2D eigenvalue weighted by Crippen LogP contribution is 2.40. The van der Waals surface area contributed by atoms with Gasteiger partial charge < -0.3 is 24.1 Å². The number of aliphatic hydroxyl groups excluding tert-OH is 1. The third-order valence-corrected chi connectivity index (χ3v) is 7.53. The first-order chi connectivity index (χ1) is 16.1. The zero-order valence-corrected chi connectivity index (χ0v) is 20.8. The second kappa shape index (κ2) is 14.4. The maximum atomic E-state index is 11.3. The van der Waals surface area contributed by atoms with E-state index in [4.69, 9.17) is 18.9 Å². The highest BCUT2D eigenvalue weighted by molar-refractivity contribution is 5.65. The molecule has 3 rings (SSSR count). The van der Waals surface area contributed by atoms with E-state index in [1.165, 1.54) is 32.6 Å². The maximum Gasteiger partial charge on any atom is 0.302 e. The van der Waals surface area contributed by atoms with Crippen molar-refractivity contribution in [1.29, 1.82) is 0 Å². The maximum absolute atomic E-state index is 11.3. The van der Waals surface area contributed by atoms with Crippen molar-refractivity contribution in [3.63, 3.8) is 0 Å². The summed E-state index contributed by atoms with van der Waals surface area (Å²) in [6, 6.07) is 0. The van der Waals surface area contributed by atoms with Crippen molar-refractivity contribution < 1.29 is 28.8 Å². The molecule has 0 amide bonds. The summed E-state index contributed by atoms with van der Waals surface area (Å²) in [5.74, 6) is 0.217. The van der Waals surface area contributed by atoms with Crippen LogP contribution in [0.15, 0.2) is 12.2 Å². The Balaban J connectivity index is 1.70. The Morgan fingerprint density at radius 2 is 1.91 bits per heavy atom. The molecule has 1 N–H and O–H groups in total. The topological polar surface area (TPSA) is 74.2 Å². The molecule has 2 aliphatic heterocycles. The van der Waals surface area contributed by atoms with Crippen LogP contribution in [0, 0.1) is 17.8 Å². The van der Waals surface area contributed by atoms with E-state index in [0.717, 1.165) is 51.7 Å². The summed E-state index contributed by atoms with van der Waals surface area (Å²) in [6.07, 6.45) is 16.9. The average molecular weight is 467 g/mol. The molecule has 2 unspecified atom stereocenters. The zero-order valence-electron chi connectivity index (χ0n) is 20.8. The molecular formula is C27H46O6. The van der Waals surface area contributed by atoms with Crippen LogP contribution < -0.4 is 0 Å². The minimum Gasteiger partial charge on any atom is -0.466 e. The number of aliphatic hydroxyl groups is 1. The van der Waals surface area contributed by atoms with E-state index in [9.17, 15) is 9.90 Å². The molecule has 6 nitrogen and oxygen atoms in total. The summed E-state index contributed by atoms with van der Waals surface area (Å²) in [6.45, 7) is 5.61. The molecule has 3 fully saturated rings. The molecule has 0 aromatic rings. The van der Waals surface area contributed by atoms with Crippen molar-refractivity contribution in [2.75, 3.05) is 19.8 Å². The minimum absolute atomic E-state index is 0.0118. The van der Waals surface area contributed by atoms with Crippen molar-refractivity contribution in [3.8, 4) is 0 Å². The molecule has 190 valence electrons. The summed E-state index contributed by atoms with van der Waals surface area (Å²) < 4.78 is 23.6. The van der Waals surface area contributed by atoms with Gasteiger partial charge in [-0.05, 0) is 57.3 Å². The lowest BCUT2D eigenvalue weighted by Crippen LogP contribution is -2.31. The van der Waals surface area contributed by atoms with Gasteiger partial charge in [0.2, 0.25) is 0 Å². The van der Waals surface area contributed by atoms with Gasteiger partial charge in [0.05, 0.1) is 24.9 Å². The first-order valence-corrected chi connectivity index (χ1v) is 13.5. The molecule has 33 heavy (non-hydrogen) atoms. The van der Waals surface area contributed by atoms with Crippen LogP contribution in [0.2, 0.25) is 0 Å². The summed E-state index contributed by atoms with van der Waals surface area (Å²) in [4.78, 5) is 11.3. The molecule has 7 atom stereocenters. The lowest BCUT2D eigenvalue weighted by molar-refractivity contribution is -0.193. The Kier molecular flexibility index (Phi) is 11.7. The van der Waals surface area contributed by atoms with Gasteiger partial charge >= 0.3 is 5.97 Å². The molecule has 1 saturated carbocycles. The molecule has 2 heterocycles. The predicted molar refractivity (Wildman–Crippen MR) is 128 cm³/mol. The normalized spacial score (nSPS) is 33.9. The lowest BCUT2D eigenvalue weighted by atomic mass is 9.86. The largest absolute Gasteiger partial charge is 0.466 e. The highest BCUT2D eigenvalue weighted by atomic mass is 16.7. The van der Waals surface area contributed by atoms with Crippen LogP contribution in [-0.2, 0) is 23.7 Å². The summed E-state index contributed by atoms with van der Waals surface area (Å²) in [7, 11) is 0. The monoisotopic (exact) mass is 466 g/mol. The SMILES string of the molecule is CCCCC[C@@H](C=C[C@H]1[C@H](CCOC(C)=O)[C@H](O)C[C@@H]1OC1CCCCO1)C1CCCCO1. The lowest BCUT2D eigenvalue weighted by Gasteiger charge is -2.31. The number of rotatable bonds is 12. The number of unbranched alkanes of at least 4 members (excludes halogenated alkanes) is 2. The van der Waals surface area contributed by atoms with Gasteiger partial charge in [-0.15, -0.1) is 0 Å². The highest BCUT2D eigenvalue weighted by Gasteiger charge is 2.43. The first-order valence-electron chi connectivity index (χ1n) is 13.5. The second-order valence-electron chi connectivity index (χ2n) is 10.1. The van der Waals surface area contributed by atoms with Crippen molar-refractivity contribution in [2.45, 2.75) is 115 Å². The standard InChI is InChI=1S/C27H46O6/c1-3-4-5-10-21(25-11-6-8-16-31-25)13-14-23-22(15-18-30-20(2)28)24(29)19-26(23)33-27-12-7-9-17-32-27/h13-14,21-27,29H,3-12,15-19H2,1-2H3/t21-,22-,23-,24+,25?,26-,27?/m0/s1. The number of carbonyl (C=O) groups excluding carboxylic acids is 1. The van der Waals surface area contributed by atoms with E-state index in [-0.39, 0.29) is 30.2 Å². The molecule has 1 aliphatic carbocycles. The quantitative estimate of drug-likeness (QED) is 0.243. The van der Waals surface area contributed by atoms with E-state index in [2.05, 4.69) is 19.1 Å². The minimum atomic E-state index is -0.465. The van der Waals surface area contributed by atoms with E-state index >= 15 is 0 Å². The molecule has 2 saturated heterocycles. The van der Waals surface area contributed by atoms with Crippen molar-refractivity contribution in [2.24, 2.45) is 17.8 Å². The third-order valence-electron chi connectivity index (χ3n) is 7.53. The van der Waals surface area contributed by atoms with E-state index < -0.39 is 6.10 Å². The van der Waals surface area contributed by atoms with E-state index in [0.29, 0.717) is 31.5 Å². The molecule has 6 heteroatoms. The van der Waals surface area contributed by atoms with Gasteiger partial charge in [-0.2, -0.15) is 0 Å². The molecule has 0 spiro atoms. The second-order valence-corrected chi connectivity index (χ2v) is 10.1. The fourth-order valence-corrected chi connectivity index (χ4v) is 5.66. The smallest absolute Gasteiger partial charge is 0.302 e. The van der Waals surface area contributed by atoms with Gasteiger partial charge in [-0.3, -0.25) is 4.79 Å². The third kappa shape index (κ3) is 8.65. The Bertz CT molecular complexity index is 581. The Morgan fingerprint density at radius 1 is 1.12 bits per heavy atom. The zero-order chi connectivity index (χ0) is 23.5. The summed E-state index contributed by atoms with van der Waals surface area (Å²) in [5, 5.41) is 10.9. The molecule has 0 aromatic carbocycles. The van der Waals surface area contributed by atoms with Crippen molar-refractivity contribution in [3.05, 3.63) is 12.2 Å². The summed E-state index contributed by atoms with van der Waals surface area (Å²) in [5.41, 5.74) is 0. The van der Waals surface area contributed by atoms with Gasteiger partial charge in [0.1, 0.15) is 0 Å². The van der Waals surface area contributed by atoms with Gasteiger partial charge in [0, 0.05) is 38.4 Å². The van der Waals surface area contributed by atoms with E-state index in [1.54, 1.807) is 0 Å². The van der Waals surface area contributed by atoms with Crippen molar-refractivity contribution in [1.82, 2.24) is 0 Å². The number of carbonyl (C=O) groups is 1. The predicted octanol–water partition coefficient (Wildman–Crippen LogP) is 5.17. The Hall–Kier alpha value is -0.950. The van der Waals surface area contributed by atoms with Crippen LogP contribution in [0.1, 0.15) is 90.9 Å². The molecule has 0 aromatic heterocycles. The molecule has 0 radical (unpaired) electrons. The molecular weight excluding hydrogens is 420 g/mol. The van der Waals surface area contributed by atoms with Gasteiger partial charge in [0.15, 0.2) is 6.29 Å². The molecule has 3 aliphatic rings. The van der Waals surface area contributed by atoms with Crippen LogP contribution in [0.5, 0.6) is 0 Å². The Morgan fingerprint density at radius 3 is 2.58 bits per heavy atom. The van der Waals surface area contributed by atoms with Crippen LogP contribution in [0.4, 0.5) is 0 Å². The van der Waals surface area contributed by atoms with Gasteiger partial charge in [-0.1, -0.05) is 38.3 Å². The number of hydrogen-bond donors (Lipinski definition) is 1. The number of ether oxygens (including phenoxy) is 4. The fraction of sp³-hybridized carbons (Fsp3) is 0.889. The molecule has 0 bridgehead atoms. The van der Waals surface area contributed by atoms with Crippen LogP contribution in [0.3, 0.4) is 0 Å². The number of esters is 1. The number of hydrogen-bond acceptors (Lipinski definition) is 6. The van der Waals surface area contributed by atoms with E-state index in [1.807, 2.05) is 0 Å². The van der Waals surface area contributed by atoms with Gasteiger partial charge in [0.25, 0.3) is 0 Å². The summed E-state index contributed by atoms with van der Waals surface area (Å²) >= 11 is 0. The van der Waals surface area contributed by atoms with Crippen LogP contribution in [0.25, 0.3) is 0 Å². The first kappa shape index (κ1) is 26.7. The van der Waals surface area contributed by atoms with Crippen LogP contribution in [-0.4, -0.2) is 55.5 Å². The fourth-order valence-electron chi connectivity index (χ4n) is 5.66. The van der Waals surface area contributed by atoms with Crippen LogP contribution >= 0.6 is 0 Å². The van der Waals surface area contributed by atoms with Crippen molar-refractivity contribution >= 4 is 5.97 Å². The van der Waals surface area contributed by atoms with Gasteiger partial charge in [-0.25, -0.2) is 0 Å². The average Bonchev–Trinajstić information content (AvgIpc) is 3.11. The Labute approximate surface area is 200 Å².